The van der Waals surface area contributed by atoms with Gasteiger partial charge in [-0.15, -0.1) is 45.3 Å². The third-order valence-corrected chi connectivity index (χ3v) is 31.5. The van der Waals surface area contributed by atoms with E-state index in [0.29, 0.717) is 19.6 Å². The molecule has 23 rings (SSSR count). The number of carboxylic acids is 1. The zero-order chi connectivity index (χ0) is 95.6. The fourth-order valence-corrected chi connectivity index (χ4v) is 26.0. The summed E-state index contributed by atoms with van der Waals surface area (Å²) < 4.78 is 106. The molecule has 136 heavy (non-hydrogen) atoms. The first-order chi connectivity index (χ1) is 64.5. The summed E-state index contributed by atoms with van der Waals surface area (Å²) in [5, 5.41) is 33.5. The first kappa shape index (κ1) is 110. The predicted molar refractivity (Wildman–Crippen MR) is 598 cm³/mol. The van der Waals surface area contributed by atoms with Crippen molar-refractivity contribution in [2.75, 3.05) is 23.4 Å². The number of ether oxygens (including phenoxy) is 1. The molecule has 3 aliphatic heterocycles. The maximum Gasteiger partial charge on any atom is 1.00 e. The summed E-state index contributed by atoms with van der Waals surface area (Å²) in [5.41, 5.74) is 8.90. The Bertz CT molecular complexity index is 7390. The number of carboxylic acid groups (broad SMARTS) is 1. The minimum absolute atomic E-state index is 0. The zero-order valence-corrected chi connectivity index (χ0v) is 89.1. The van der Waals surface area contributed by atoms with E-state index in [1.165, 1.54) is 99.2 Å². The van der Waals surface area contributed by atoms with Crippen molar-refractivity contribution in [1.29, 1.82) is 0 Å². The molecule has 0 unspecified atom stereocenters. The van der Waals surface area contributed by atoms with Crippen molar-refractivity contribution in [2.24, 2.45) is 4.30 Å². The Labute approximate surface area is 893 Å². The summed E-state index contributed by atoms with van der Waals surface area (Å²) >= 11 is 34.8. The van der Waals surface area contributed by atoms with Crippen LogP contribution >= 0.6 is 170 Å². The molecule has 1 fully saturated rings. The van der Waals surface area contributed by atoms with Gasteiger partial charge in [-0.05, 0) is 183 Å². The Morgan fingerprint density at radius 1 is 0.368 bits per heavy atom. The Balaban J connectivity index is 0.000000175. The summed E-state index contributed by atoms with van der Waals surface area (Å²) in [6, 6.07) is 122. The molecule has 0 aliphatic carbocycles. The number of hydrogen-bond acceptors (Lipinski definition) is 18. The number of thiol groups is 1. The summed E-state index contributed by atoms with van der Waals surface area (Å²) in [5.74, 6) is -0.833. The first-order valence-corrected chi connectivity index (χ1v) is 53.9. The van der Waals surface area contributed by atoms with Crippen molar-refractivity contribution < 1.29 is 79.8 Å². The molecule has 3 aliphatic rings. The van der Waals surface area contributed by atoms with E-state index >= 15 is 0 Å². The molecular weight excluding hydrogens is 2340 g/mol. The van der Waals surface area contributed by atoms with Crippen LogP contribution in [0.5, 0.6) is 0 Å². The molecule has 16 aromatic carbocycles. The maximum absolute atomic E-state index is 12.3. The predicted octanol–water partition coefficient (Wildman–Crippen LogP) is 29.8. The van der Waals surface area contributed by atoms with E-state index in [0.717, 1.165) is 96.4 Å². The fraction of sp³-hybridized carbons (Fsp3) is 0.0490. The monoisotopic (exact) mass is 2410 g/mol. The molecule has 0 atom stereocenters. The fourth-order valence-electron chi connectivity index (χ4n) is 14.3. The van der Waals surface area contributed by atoms with Gasteiger partial charge < -0.3 is 21.5 Å². The molecule has 0 bridgehead atoms. The van der Waals surface area contributed by atoms with Crippen LogP contribution in [-0.4, -0.2) is 94.2 Å². The van der Waals surface area contributed by atoms with E-state index in [4.69, 9.17) is 42.7 Å². The van der Waals surface area contributed by atoms with E-state index in [9.17, 15) is 16.8 Å². The summed E-state index contributed by atoms with van der Waals surface area (Å²) in [6.45, 7) is 3.08. The van der Waals surface area contributed by atoms with Crippen molar-refractivity contribution in [1.82, 2.24) is 0 Å². The second-order valence-electron chi connectivity index (χ2n) is 28.8. The van der Waals surface area contributed by atoms with E-state index in [1.54, 1.807) is 36.4 Å². The SMILES string of the molecule is Brc1ccc2c(c1)sc1cc(Br)ccc12.Brc1ccc2c(c1)sc1cc(Br)ccc12.Brc1ccc2c(c1)sc1cc(N(c3ccccc3)c3ccccc3)ccc12.C1CCOC1.CC(=O)O.O=S(=O)(O)O.O=S1(=O)c2cc(Br)ccc2-c2ccc(Br)cc21.O=S1(=O)c2ccccc2-c2ccccc21.OO.[AlH3].[B]=NS.[H-].[Li+].c1ccc(Nc2ccccc2)cc1.c1ccc2c(c1)sc1ccccc12. The van der Waals surface area contributed by atoms with Crippen molar-refractivity contribution in [2.45, 2.75) is 39.3 Å². The molecule has 0 spiro atoms. The Kier molecular flexibility index (Phi) is 42.7. The molecule has 4 aromatic heterocycles. The average molecular weight is 2420 g/mol. The molecule has 20 aromatic rings. The van der Waals surface area contributed by atoms with Crippen LogP contribution in [0.3, 0.4) is 0 Å². The molecule has 34 heteroatoms. The maximum atomic E-state index is 12.3. The van der Waals surface area contributed by atoms with Crippen LogP contribution in [0.2, 0.25) is 0 Å². The van der Waals surface area contributed by atoms with Crippen molar-refractivity contribution >= 4 is 340 Å². The summed E-state index contributed by atoms with van der Waals surface area (Å²) in [6.07, 6.45) is 2.56. The van der Waals surface area contributed by atoms with Gasteiger partial charge in [-0.1, -0.05) is 306 Å². The molecule has 1 saturated heterocycles. The van der Waals surface area contributed by atoms with Crippen LogP contribution in [0.15, 0.2) is 419 Å². The van der Waals surface area contributed by atoms with Gasteiger partial charge in [0.15, 0.2) is 17.4 Å². The molecule has 6 N–H and O–H groups in total. The number of anilines is 5. The van der Waals surface area contributed by atoms with Gasteiger partial charge in [0.05, 0.1) is 19.6 Å². The number of sulfone groups is 2. The Morgan fingerprint density at radius 3 is 0.919 bits per heavy atom. The number of nitrogens with one attached hydrogen (secondary N) is 1. The minimum atomic E-state index is -4.67. The van der Waals surface area contributed by atoms with E-state index in [-0.39, 0.29) is 37.6 Å². The van der Waals surface area contributed by atoms with E-state index in [2.05, 4.69) is 365 Å². The van der Waals surface area contributed by atoms with Gasteiger partial charge >= 0.3 is 54.0 Å². The number of carbonyl (C=O) groups is 1. The first-order valence-electron chi connectivity index (χ1n) is 40.3. The normalized spacial score (nSPS) is 12.0. The van der Waals surface area contributed by atoms with Gasteiger partial charge in [-0.25, -0.2) is 16.8 Å². The van der Waals surface area contributed by atoms with Crippen LogP contribution in [-0.2, 0) is 39.6 Å². The number of fused-ring (bicyclic) bond motifs is 18. The number of aliphatic carboxylic acids is 1. The van der Waals surface area contributed by atoms with Crippen LogP contribution < -0.4 is 29.1 Å². The van der Waals surface area contributed by atoms with Gasteiger partial charge in [0.25, 0.3) is 5.97 Å². The molecule has 687 valence electrons. The van der Waals surface area contributed by atoms with Gasteiger partial charge in [0, 0.05) is 183 Å². The number of hydrogen-bond donors (Lipinski definition) is 7. The number of halogens is 7. The van der Waals surface area contributed by atoms with E-state index in [1.807, 2.05) is 155 Å². The van der Waals surface area contributed by atoms with Gasteiger partial charge in [0.1, 0.15) is 0 Å². The number of nitrogens with zero attached hydrogens (tertiary/aromatic N) is 2. The summed E-state index contributed by atoms with van der Waals surface area (Å²) in [4.78, 5) is 12.9. The Hall–Kier alpha value is -8.18. The van der Waals surface area contributed by atoms with E-state index < -0.39 is 36.0 Å². The third kappa shape index (κ3) is 29.7. The van der Waals surface area contributed by atoms with Crippen LogP contribution in [0.1, 0.15) is 21.2 Å². The number of benzene rings is 16. The molecule has 7 heterocycles. The molecule has 0 amide bonds. The number of para-hydroxylation sites is 4. The second-order valence-corrected chi connectivity index (χ2v) is 44.5. The number of rotatable bonds is 5. The molecule has 0 saturated carbocycles. The molecule has 1 radical (unpaired) electrons. The smallest absolute Gasteiger partial charge is 1.00 e. The van der Waals surface area contributed by atoms with Crippen LogP contribution in [0.25, 0.3) is 103 Å². The Morgan fingerprint density at radius 2 is 0.603 bits per heavy atom. The minimum Gasteiger partial charge on any atom is -1.00 e. The van der Waals surface area contributed by atoms with Gasteiger partial charge in [0.2, 0.25) is 19.7 Å². The quantitative estimate of drug-likeness (QED) is 0.0278. The topological polar surface area (TPSA) is 257 Å². The third-order valence-electron chi connectivity index (χ3n) is 19.8. The largest absolute Gasteiger partial charge is 1.00 e. The van der Waals surface area contributed by atoms with Crippen molar-refractivity contribution in [3.05, 3.63) is 395 Å². The zero-order valence-electron chi connectivity index (χ0n) is 72.4. The average Bonchev–Trinajstić information content (AvgIpc) is 1.57. The van der Waals surface area contributed by atoms with Gasteiger partial charge in [-0.2, -0.15) is 8.42 Å². The van der Waals surface area contributed by atoms with Crippen LogP contribution in [0, 0.1) is 0 Å². The second kappa shape index (κ2) is 52.9. The molecular formula is C102H82AlBBr7LiN3O13S8. The number of thiophene rings is 4. The van der Waals surface area contributed by atoms with Gasteiger partial charge in [-0.3, -0.25) is 24.4 Å². The summed E-state index contributed by atoms with van der Waals surface area (Å²) in [7, 11) is -6.97. The van der Waals surface area contributed by atoms with Crippen molar-refractivity contribution in [3.63, 3.8) is 0 Å². The standard InChI is InChI=1S/C24H16BrNS.C12H6Br2O2S.2C12H6Br2S.C12H11N.C12H8O2S.C12H8S.C4H8O.C2H4O2.Al.BHNS.Li.H2O4S.H2O2.4H/c25-17-11-13-21-22-14-12-20(16-24(22)27-23(21)15-17)26(18-7-3-1-4-8-18)19-9-5-2-6-10-19;13-7-1-3-9-10-4-2-8(14)6-12(10)17(15,16)11(9)5-7;2*13-7-1-3-9-10-4-2-8(14)6-12(10)15-11(9)5-7;1-3-7-11(8-4-1)13-12-9-5-2-6-10-12;13-15(14)11-7-3-1-5-9(11)10-6-2-4-8-12(10)15;1-3-7-11-9(5-1)10-6-2-4-8-12(10)13-11;1-2-4-5-3-1;1-2(3)4;;1-2-3;;1-5(2,3)4;1-2;;;;/h1-16H;1-6H;2*1-6H;1-10,13H;1-8H;1-8H;1-4H2;1H3,(H,3,4);;3H;;(H2,1,2,3,4);1-2H;;;;/q;;;;;;;;;;;+1;;;;;;-1. The molecule has 16 nitrogen and oxygen atoms in total. The van der Waals surface area contributed by atoms with Crippen LogP contribution in [0.4, 0.5) is 28.4 Å². The van der Waals surface area contributed by atoms with Crippen molar-refractivity contribution in [3.8, 4) is 22.3 Å².